The molecule has 0 saturated heterocycles. The normalized spacial score (nSPS) is 14.0. The first-order valence-corrected chi connectivity index (χ1v) is 54.0. The minimum absolute atomic E-state index is 0. The Morgan fingerprint density at radius 1 is 0.291 bits per heavy atom. The molecule has 8 aromatic carbocycles. The van der Waals surface area contributed by atoms with E-state index in [4.69, 9.17) is 19.9 Å². The third-order valence-electron chi connectivity index (χ3n) is 27.5. The number of ketones is 4. The maximum absolute atomic E-state index is 11.7. The number of benzene rings is 8. The Morgan fingerprint density at radius 2 is 0.520 bits per heavy atom. The molecule has 0 amide bonds. The average molecular weight is 2710 g/mol. The van der Waals surface area contributed by atoms with Crippen molar-refractivity contribution in [1.29, 1.82) is 0 Å². The van der Waals surface area contributed by atoms with E-state index in [2.05, 4.69) is 250 Å². The Balaban J connectivity index is 0.000000301. The maximum atomic E-state index is 11.7. The third-order valence-corrected chi connectivity index (χ3v) is 27.5. The van der Waals surface area contributed by atoms with Crippen molar-refractivity contribution in [3.05, 3.63) is 308 Å². The molecular weight excluding hydrogens is 2540 g/mol. The molecule has 148 heavy (non-hydrogen) atoms. The van der Waals surface area contributed by atoms with E-state index in [1.807, 2.05) is 111 Å². The number of nitrogens with zero attached hydrogens (tertiary/aromatic N) is 4. The van der Waals surface area contributed by atoms with Gasteiger partial charge in [-0.15, -0.1) is 140 Å². The van der Waals surface area contributed by atoms with E-state index in [-0.39, 0.29) is 150 Å². The zero-order valence-electron chi connectivity index (χ0n) is 92.9. The Hall–Kier alpha value is -9.16. The Labute approximate surface area is 943 Å². The van der Waals surface area contributed by atoms with Crippen LogP contribution in [0.15, 0.2) is 217 Å². The molecule has 4 aliphatic carbocycles. The van der Waals surface area contributed by atoms with Crippen molar-refractivity contribution in [2.45, 2.75) is 344 Å². The standard InChI is InChI=1S/4C22H22N.C13H24O2.2C11H20O2.C9H16O2.4Ir/c4*1-15-11-16(2)13-20(12-15)21-10-9-18-7-8-19(14-22(18)23-21)17-5-3-4-6-17;1-5-10(6-2)12(14)9-13(15)11(7-3)8-4;2*1-8(2)5-10(12)7-11(13)6-9(3)4;1-6(2)8(10)5-9(11)7(3)4;;;;/h4*7-12,14,17H,3-6H2,1-2H3;9-11,14H,5-8H2,1-4H3;2*7-9,12H,5-6H2,1-4H3;5-7,10H,1-4H3;;;;/q4*-1;;;;;;;;. The van der Waals surface area contributed by atoms with E-state index in [0.29, 0.717) is 49.4 Å². The van der Waals surface area contributed by atoms with Gasteiger partial charge >= 0.3 is 0 Å². The van der Waals surface area contributed by atoms with Crippen LogP contribution in [0.3, 0.4) is 0 Å². The first kappa shape index (κ1) is 129. The number of allylic oxidation sites excluding steroid dienone is 8. The second kappa shape index (κ2) is 65.3. The summed E-state index contributed by atoms with van der Waals surface area (Å²) in [5.41, 5.74) is 28.5. The van der Waals surface area contributed by atoms with Crippen molar-refractivity contribution in [1.82, 2.24) is 19.9 Å². The largest absolute Gasteiger partial charge is 0.512 e. The zero-order valence-corrected chi connectivity index (χ0v) is 102. The molecule has 0 bridgehead atoms. The summed E-state index contributed by atoms with van der Waals surface area (Å²) < 4.78 is 0. The van der Waals surface area contributed by atoms with Crippen LogP contribution >= 0.6 is 0 Å². The van der Waals surface area contributed by atoms with Gasteiger partial charge in [0.2, 0.25) is 0 Å². The zero-order chi connectivity index (χ0) is 105. The van der Waals surface area contributed by atoms with Crippen molar-refractivity contribution in [3.63, 3.8) is 0 Å². The fraction of sp³-hybridized carbons (Fsp3) is 0.455. The molecule has 0 atom stereocenters. The molecule has 16 heteroatoms. The van der Waals surface area contributed by atoms with Crippen LogP contribution < -0.4 is 0 Å². The Bertz CT molecular complexity index is 5630. The van der Waals surface area contributed by atoms with Crippen LogP contribution in [0.2, 0.25) is 0 Å². The summed E-state index contributed by atoms with van der Waals surface area (Å²) in [4.78, 5) is 64.9. The maximum Gasteiger partial charge on any atom is 0.162 e. The molecule has 4 saturated carbocycles. The molecule has 16 rings (SSSR count). The van der Waals surface area contributed by atoms with Gasteiger partial charge in [-0.1, -0.05) is 315 Å². The summed E-state index contributed by atoms with van der Waals surface area (Å²) >= 11 is 0. The number of hydrogen-bond donors (Lipinski definition) is 4. The average Bonchev–Trinajstić information content (AvgIpc) is 1.17. The van der Waals surface area contributed by atoms with E-state index >= 15 is 0 Å². The van der Waals surface area contributed by atoms with Gasteiger partial charge in [-0.05, 0) is 215 Å². The molecular formula is C132H168Ir4N4O8-4. The monoisotopic (exact) mass is 2710 g/mol. The van der Waals surface area contributed by atoms with Gasteiger partial charge in [0.15, 0.2) is 23.1 Å². The second-order valence-electron chi connectivity index (χ2n) is 43.4. The van der Waals surface area contributed by atoms with Gasteiger partial charge in [0.05, 0.1) is 45.1 Å². The molecule has 0 aliphatic heterocycles. The van der Waals surface area contributed by atoms with Crippen molar-refractivity contribution < 1.29 is 120 Å². The smallest absolute Gasteiger partial charge is 0.162 e. The molecule has 4 heterocycles. The number of pyridine rings is 4. The van der Waals surface area contributed by atoms with E-state index in [9.17, 15) is 39.6 Å². The fourth-order valence-corrected chi connectivity index (χ4v) is 19.8. The van der Waals surface area contributed by atoms with Gasteiger partial charge in [0, 0.05) is 154 Å². The SMILES string of the molecule is CC(C)C(=O)C=C(O)C(C)C.CC(C)CC(=O)C=C(O)CC(C)C.CC(C)CC(=O)C=C(O)CC(C)C.CCC(CC)C(=O)C=C(O)C(CC)CC.Cc1[c-]c(-c2ccc3ccc(C4CCCC4)cc3n2)cc(C)c1.Cc1[c-]c(-c2ccc3ccc(C4CCCC4)cc3n2)cc(C)c1.Cc1[c-]c(-c2ccc3ccc(C4CCCC4)cc3n2)cc(C)c1.Cc1[c-]c(-c2ccc3ccc(C4CCCC4)cc3n2)cc(C)c1.[Ir].[Ir].[Ir].[Ir]. The van der Waals surface area contributed by atoms with E-state index in [1.165, 1.54) is 215 Å². The number of aryl methyl sites for hydroxylation is 8. The molecule has 4 aliphatic rings. The summed E-state index contributed by atoms with van der Waals surface area (Å²) in [5.74, 6) is 5.60. The predicted molar refractivity (Wildman–Crippen MR) is 605 cm³/mol. The van der Waals surface area contributed by atoms with Crippen LogP contribution in [-0.4, -0.2) is 63.5 Å². The van der Waals surface area contributed by atoms with Crippen LogP contribution in [0.25, 0.3) is 88.6 Å². The molecule has 4 N–H and O–H groups in total. The van der Waals surface area contributed by atoms with Crippen LogP contribution in [-0.2, 0) is 99.6 Å². The molecule has 4 fully saturated rings. The predicted octanol–water partition coefficient (Wildman–Crippen LogP) is 36.3. The Kier molecular flexibility index (Phi) is 57.0. The number of carbonyl (C=O) groups excluding carboxylic acids is 4. The van der Waals surface area contributed by atoms with Crippen LogP contribution in [0, 0.1) is 127 Å². The fourth-order valence-electron chi connectivity index (χ4n) is 19.8. The van der Waals surface area contributed by atoms with E-state index in [1.54, 1.807) is 0 Å². The number of aliphatic hydroxyl groups is 4. The minimum atomic E-state index is -0.0316. The van der Waals surface area contributed by atoms with Gasteiger partial charge in [0.1, 0.15) is 0 Å². The number of fused-ring (bicyclic) bond motifs is 4. The van der Waals surface area contributed by atoms with Gasteiger partial charge in [-0.3, -0.25) is 39.1 Å². The van der Waals surface area contributed by atoms with Crippen LogP contribution in [0.1, 0.15) is 355 Å². The molecule has 804 valence electrons. The van der Waals surface area contributed by atoms with E-state index < -0.39 is 0 Å². The summed E-state index contributed by atoms with van der Waals surface area (Å²) in [6.07, 6.45) is 32.7. The minimum Gasteiger partial charge on any atom is -0.512 e. The van der Waals surface area contributed by atoms with Crippen molar-refractivity contribution in [2.24, 2.45) is 47.3 Å². The molecule has 4 radical (unpaired) electrons. The topological polar surface area (TPSA) is 201 Å². The number of aliphatic hydroxyl groups excluding tert-OH is 4. The second-order valence-corrected chi connectivity index (χ2v) is 43.4. The summed E-state index contributed by atoms with van der Waals surface area (Å²) in [6, 6.07) is 75.5. The number of hydrogen-bond acceptors (Lipinski definition) is 12. The quantitative estimate of drug-likeness (QED) is 0.0206. The van der Waals surface area contributed by atoms with Gasteiger partial charge in [0.25, 0.3) is 0 Å². The van der Waals surface area contributed by atoms with Crippen LogP contribution in [0.4, 0.5) is 0 Å². The van der Waals surface area contributed by atoms with Crippen molar-refractivity contribution in [3.8, 4) is 45.0 Å². The number of carbonyl (C=O) groups is 4. The number of aromatic nitrogens is 4. The Morgan fingerprint density at radius 3 is 0.730 bits per heavy atom. The summed E-state index contributed by atoms with van der Waals surface area (Å²) in [7, 11) is 0. The van der Waals surface area contributed by atoms with E-state index in [0.717, 1.165) is 116 Å². The van der Waals surface area contributed by atoms with Gasteiger partial charge in [-0.2, -0.15) is 0 Å². The number of rotatable bonds is 28. The van der Waals surface area contributed by atoms with Gasteiger partial charge in [-0.25, -0.2) is 0 Å². The first-order chi connectivity index (χ1) is 68.6. The van der Waals surface area contributed by atoms with Crippen molar-refractivity contribution in [2.75, 3.05) is 0 Å². The first-order valence-electron chi connectivity index (χ1n) is 54.0. The van der Waals surface area contributed by atoms with Gasteiger partial charge < -0.3 is 20.4 Å². The molecule has 12 aromatic rings. The molecule has 12 nitrogen and oxygen atoms in total. The molecule has 0 unspecified atom stereocenters. The molecule has 0 spiro atoms. The van der Waals surface area contributed by atoms with Crippen molar-refractivity contribution >= 4 is 66.7 Å². The summed E-state index contributed by atoms with van der Waals surface area (Å²) in [5, 5.41) is 42.5. The van der Waals surface area contributed by atoms with Crippen LogP contribution in [0.5, 0.6) is 0 Å². The third kappa shape index (κ3) is 42.8. The summed E-state index contributed by atoms with van der Waals surface area (Å²) in [6.45, 7) is 48.3. The molecule has 4 aromatic heterocycles.